The summed E-state index contributed by atoms with van der Waals surface area (Å²) < 4.78 is 0. The molecule has 2 heteroatoms. The van der Waals surface area contributed by atoms with E-state index >= 15 is 0 Å². The monoisotopic (exact) mass is 226 g/mol. The van der Waals surface area contributed by atoms with Gasteiger partial charge in [0.15, 0.2) is 11.6 Å². The molecular weight excluding hydrogens is 200 g/mol. The number of carbonyl (C=O) groups is 2. The predicted molar refractivity (Wildman–Crippen MR) is 67.3 cm³/mol. The highest BCUT2D eigenvalue weighted by atomic mass is 16.2. The number of carbonyl (C=O) groups excluding carboxylic acids is 2. The Labute approximate surface area is 99.8 Å². The molecule has 0 saturated carbocycles. The zero-order valence-electron chi connectivity index (χ0n) is 11.4. The third-order valence-electron chi connectivity index (χ3n) is 3.27. The van der Waals surface area contributed by atoms with Crippen LogP contribution in [0, 0.1) is 17.8 Å². The van der Waals surface area contributed by atoms with Crippen molar-refractivity contribution < 1.29 is 9.59 Å². The molecule has 0 aromatic rings. The van der Waals surface area contributed by atoms with Crippen LogP contribution >= 0.6 is 0 Å². The summed E-state index contributed by atoms with van der Waals surface area (Å²) in [4.78, 5) is 23.3. The van der Waals surface area contributed by atoms with Gasteiger partial charge in [-0.05, 0) is 17.8 Å². The van der Waals surface area contributed by atoms with E-state index in [1.807, 2.05) is 13.8 Å². The Morgan fingerprint density at radius 3 is 1.88 bits per heavy atom. The van der Waals surface area contributed by atoms with E-state index < -0.39 is 0 Å². The fourth-order valence-electron chi connectivity index (χ4n) is 1.67. The number of rotatable bonds is 8. The van der Waals surface area contributed by atoms with Gasteiger partial charge in [0.2, 0.25) is 0 Å². The van der Waals surface area contributed by atoms with Crippen LogP contribution < -0.4 is 0 Å². The molecule has 94 valence electrons. The Morgan fingerprint density at radius 1 is 0.938 bits per heavy atom. The molecule has 0 N–H and O–H groups in total. The van der Waals surface area contributed by atoms with Crippen molar-refractivity contribution in [3.8, 4) is 0 Å². The van der Waals surface area contributed by atoms with E-state index in [2.05, 4.69) is 20.8 Å². The van der Waals surface area contributed by atoms with Crippen LogP contribution in [0.4, 0.5) is 0 Å². The van der Waals surface area contributed by atoms with Crippen LogP contribution in [0.1, 0.15) is 60.3 Å². The van der Waals surface area contributed by atoms with Gasteiger partial charge in [-0.3, -0.25) is 9.59 Å². The lowest BCUT2D eigenvalue weighted by molar-refractivity contribution is -0.137. The van der Waals surface area contributed by atoms with Crippen molar-refractivity contribution in [2.45, 2.75) is 60.3 Å². The SMILES string of the molecule is CCCC(C)CC(=O)C(=O)CC(C)C(C)C. The molecule has 0 aliphatic carbocycles. The largest absolute Gasteiger partial charge is 0.291 e. The van der Waals surface area contributed by atoms with Crippen LogP contribution in [0.2, 0.25) is 0 Å². The molecule has 2 atom stereocenters. The van der Waals surface area contributed by atoms with E-state index in [1.165, 1.54) is 0 Å². The fraction of sp³-hybridized carbons (Fsp3) is 0.857. The van der Waals surface area contributed by atoms with Crippen molar-refractivity contribution in [2.75, 3.05) is 0 Å². The van der Waals surface area contributed by atoms with Crippen LogP contribution in [-0.2, 0) is 9.59 Å². The van der Waals surface area contributed by atoms with Crippen molar-refractivity contribution in [2.24, 2.45) is 17.8 Å². The number of hydrogen-bond acceptors (Lipinski definition) is 2. The van der Waals surface area contributed by atoms with Gasteiger partial charge in [-0.25, -0.2) is 0 Å². The quantitative estimate of drug-likeness (QED) is 0.592. The first-order valence-corrected chi connectivity index (χ1v) is 6.44. The molecule has 16 heavy (non-hydrogen) atoms. The topological polar surface area (TPSA) is 34.1 Å². The second kappa shape index (κ2) is 7.59. The van der Waals surface area contributed by atoms with Crippen LogP contribution in [0.15, 0.2) is 0 Å². The summed E-state index contributed by atoms with van der Waals surface area (Å²) in [6.07, 6.45) is 2.94. The second-order valence-electron chi connectivity index (χ2n) is 5.37. The molecule has 2 nitrogen and oxygen atoms in total. The van der Waals surface area contributed by atoms with Gasteiger partial charge in [-0.2, -0.15) is 0 Å². The molecule has 0 rings (SSSR count). The maximum Gasteiger partial charge on any atom is 0.198 e. The first kappa shape index (κ1) is 15.3. The zero-order chi connectivity index (χ0) is 12.7. The van der Waals surface area contributed by atoms with Crippen molar-refractivity contribution >= 4 is 11.6 Å². The van der Waals surface area contributed by atoms with Crippen LogP contribution in [-0.4, -0.2) is 11.6 Å². The minimum absolute atomic E-state index is 0.173. The minimum Gasteiger partial charge on any atom is -0.291 e. The van der Waals surface area contributed by atoms with E-state index in [4.69, 9.17) is 0 Å². The van der Waals surface area contributed by atoms with Crippen molar-refractivity contribution in [1.82, 2.24) is 0 Å². The molecule has 0 bridgehead atoms. The molecule has 0 aliphatic rings. The Balaban J connectivity index is 4.04. The number of ketones is 2. The van der Waals surface area contributed by atoms with E-state index in [9.17, 15) is 9.59 Å². The minimum atomic E-state index is -0.177. The first-order valence-electron chi connectivity index (χ1n) is 6.44. The summed E-state index contributed by atoms with van der Waals surface area (Å²) in [5, 5.41) is 0. The van der Waals surface area contributed by atoms with Crippen molar-refractivity contribution in [1.29, 1.82) is 0 Å². The lowest BCUT2D eigenvalue weighted by atomic mass is 9.89. The molecule has 0 amide bonds. The molecule has 0 aromatic carbocycles. The Bertz CT molecular complexity index is 231. The molecular formula is C14H26O2. The highest BCUT2D eigenvalue weighted by molar-refractivity contribution is 6.37. The molecule has 0 heterocycles. The van der Waals surface area contributed by atoms with E-state index in [-0.39, 0.29) is 11.6 Å². The summed E-state index contributed by atoms with van der Waals surface area (Å²) >= 11 is 0. The lowest BCUT2D eigenvalue weighted by Gasteiger charge is -2.14. The molecule has 0 saturated heterocycles. The zero-order valence-corrected chi connectivity index (χ0v) is 11.4. The third-order valence-corrected chi connectivity index (χ3v) is 3.27. The van der Waals surface area contributed by atoms with Crippen molar-refractivity contribution in [3.63, 3.8) is 0 Å². The lowest BCUT2D eigenvalue weighted by Crippen LogP contribution is -2.21. The van der Waals surface area contributed by atoms with Gasteiger partial charge in [-0.15, -0.1) is 0 Å². The maximum atomic E-state index is 11.6. The molecule has 0 aliphatic heterocycles. The predicted octanol–water partition coefficient (Wildman–Crippen LogP) is 3.63. The van der Waals surface area contributed by atoms with Crippen LogP contribution in [0.25, 0.3) is 0 Å². The summed E-state index contributed by atoms with van der Waals surface area (Å²) in [7, 11) is 0. The van der Waals surface area contributed by atoms with Gasteiger partial charge in [0, 0.05) is 12.8 Å². The third kappa shape index (κ3) is 6.04. The van der Waals surface area contributed by atoms with Crippen LogP contribution in [0.5, 0.6) is 0 Å². The van der Waals surface area contributed by atoms with E-state index in [1.54, 1.807) is 0 Å². The number of Topliss-reactive ketones (excluding diaryl/α,β-unsaturated/α-hetero) is 2. The summed E-state index contributed by atoms with van der Waals surface area (Å²) in [6, 6.07) is 0. The number of hydrogen-bond donors (Lipinski definition) is 0. The van der Waals surface area contributed by atoms with Gasteiger partial charge in [0.05, 0.1) is 0 Å². The van der Waals surface area contributed by atoms with Crippen LogP contribution in [0.3, 0.4) is 0 Å². The highest BCUT2D eigenvalue weighted by Gasteiger charge is 2.20. The molecule has 0 radical (unpaired) electrons. The van der Waals surface area contributed by atoms with Gasteiger partial charge in [-0.1, -0.05) is 47.5 Å². The maximum absolute atomic E-state index is 11.6. The van der Waals surface area contributed by atoms with Gasteiger partial charge < -0.3 is 0 Å². The Morgan fingerprint density at radius 2 is 1.44 bits per heavy atom. The standard InChI is InChI=1S/C14H26O2/c1-6-7-11(4)8-13(15)14(16)9-12(5)10(2)3/h10-12H,6-9H2,1-5H3. The van der Waals surface area contributed by atoms with Gasteiger partial charge in [0.25, 0.3) is 0 Å². The second-order valence-corrected chi connectivity index (χ2v) is 5.37. The smallest absolute Gasteiger partial charge is 0.198 e. The average molecular weight is 226 g/mol. The molecule has 0 spiro atoms. The first-order chi connectivity index (χ1) is 7.38. The fourth-order valence-corrected chi connectivity index (χ4v) is 1.67. The summed E-state index contributed by atoms with van der Waals surface area (Å²) in [5.41, 5.74) is 0. The Kier molecular flexibility index (Phi) is 7.27. The van der Waals surface area contributed by atoms with Crippen molar-refractivity contribution in [3.05, 3.63) is 0 Å². The average Bonchev–Trinajstić information content (AvgIpc) is 2.17. The van der Waals surface area contributed by atoms with E-state index in [0.29, 0.717) is 30.6 Å². The molecule has 0 aromatic heterocycles. The van der Waals surface area contributed by atoms with E-state index in [0.717, 1.165) is 12.8 Å². The highest BCUT2D eigenvalue weighted by Crippen LogP contribution is 2.16. The van der Waals surface area contributed by atoms with Gasteiger partial charge >= 0.3 is 0 Å². The molecule has 2 unspecified atom stereocenters. The Hall–Kier alpha value is -0.660. The normalized spacial score (nSPS) is 14.9. The molecule has 0 fully saturated rings. The summed E-state index contributed by atoms with van der Waals surface area (Å²) in [5.74, 6) is 0.760. The van der Waals surface area contributed by atoms with Gasteiger partial charge in [0.1, 0.15) is 0 Å². The summed E-state index contributed by atoms with van der Waals surface area (Å²) in [6.45, 7) is 10.3.